The third-order valence-electron chi connectivity index (χ3n) is 4.09. The molecule has 25 heavy (non-hydrogen) atoms. The predicted molar refractivity (Wildman–Crippen MR) is 105 cm³/mol. The molecule has 0 saturated carbocycles. The van der Waals surface area contributed by atoms with E-state index in [1.54, 1.807) is 61.4 Å². The van der Waals surface area contributed by atoms with Gasteiger partial charge in [0.15, 0.2) is 23.0 Å². The Morgan fingerprint density at radius 3 is 1.96 bits per heavy atom. The molecule has 1 aliphatic rings. The lowest BCUT2D eigenvalue weighted by atomic mass is 10.1. The van der Waals surface area contributed by atoms with Crippen LogP contribution >= 0.6 is 32.9 Å². The standard InChI is InChI=1S/C18H16O4S3/c1-19-11-5-9-15(7-13(11)21-3)23-17-10-6-12(20-2)14(22-4)8-16(10)24-25-18(9)17/h5-8H,1-4H3. The van der Waals surface area contributed by atoms with E-state index in [0.717, 1.165) is 23.0 Å². The molecule has 0 fully saturated rings. The van der Waals surface area contributed by atoms with Crippen LogP contribution in [0, 0.1) is 0 Å². The van der Waals surface area contributed by atoms with Gasteiger partial charge in [-0.1, -0.05) is 21.6 Å². The summed E-state index contributed by atoms with van der Waals surface area (Å²) in [6.45, 7) is 0. The molecule has 3 aromatic rings. The first-order valence-corrected chi connectivity index (χ1v) is 10.5. The zero-order chi connectivity index (χ0) is 17.6. The van der Waals surface area contributed by atoms with Crippen molar-refractivity contribution >= 4 is 43.0 Å². The van der Waals surface area contributed by atoms with Gasteiger partial charge in [-0.25, -0.2) is 0 Å². The zero-order valence-electron chi connectivity index (χ0n) is 14.2. The summed E-state index contributed by atoms with van der Waals surface area (Å²) < 4.78 is 23.0. The highest BCUT2D eigenvalue weighted by molar-refractivity contribution is 8.77. The molecule has 0 unspecified atom stereocenters. The minimum Gasteiger partial charge on any atom is -0.493 e. The van der Waals surface area contributed by atoms with E-state index in [0.29, 0.717) is 0 Å². The maximum absolute atomic E-state index is 5.49. The molecular formula is C18H16O4S3. The van der Waals surface area contributed by atoms with Crippen molar-refractivity contribution in [2.24, 2.45) is 0 Å². The molecule has 0 radical (unpaired) electrons. The van der Waals surface area contributed by atoms with E-state index in [9.17, 15) is 0 Å². The van der Waals surface area contributed by atoms with Crippen molar-refractivity contribution < 1.29 is 18.9 Å². The molecule has 0 spiro atoms. The number of hydrogen-bond acceptors (Lipinski definition) is 7. The predicted octanol–water partition coefficient (Wildman–Crippen LogP) is 5.72. The van der Waals surface area contributed by atoms with Gasteiger partial charge >= 0.3 is 0 Å². The van der Waals surface area contributed by atoms with Crippen LogP contribution in [0.5, 0.6) is 23.0 Å². The van der Waals surface area contributed by atoms with Gasteiger partial charge in [-0.3, -0.25) is 0 Å². The number of thiophene rings is 1. The zero-order valence-corrected chi connectivity index (χ0v) is 16.6. The molecule has 130 valence electrons. The summed E-state index contributed by atoms with van der Waals surface area (Å²) in [7, 11) is 10.2. The summed E-state index contributed by atoms with van der Waals surface area (Å²) in [4.78, 5) is 3.68. The van der Waals surface area contributed by atoms with Gasteiger partial charge in [0.05, 0.1) is 33.3 Å². The van der Waals surface area contributed by atoms with Crippen molar-refractivity contribution in [1.82, 2.24) is 0 Å². The topological polar surface area (TPSA) is 36.9 Å². The maximum atomic E-state index is 5.49. The molecule has 4 nitrogen and oxygen atoms in total. The molecule has 0 aliphatic carbocycles. The van der Waals surface area contributed by atoms with Crippen molar-refractivity contribution in [3.63, 3.8) is 0 Å². The van der Waals surface area contributed by atoms with Crippen LogP contribution in [0.25, 0.3) is 20.5 Å². The summed E-state index contributed by atoms with van der Waals surface area (Å²) >= 11 is 1.76. The first kappa shape index (κ1) is 16.8. The number of fused-ring (bicyclic) bond motifs is 5. The Kier molecular flexibility index (Phi) is 4.39. The molecule has 1 aromatic heterocycles. The Morgan fingerprint density at radius 1 is 0.680 bits per heavy atom. The molecule has 1 aliphatic heterocycles. The SMILES string of the molecule is COc1cc2c(cc1OC)-c1sc3cc(OC)c(OC)cc3c1SS2. The number of hydrogen-bond donors (Lipinski definition) is 0. The largest absolute Gasteiger partial charge is 0.493 e. The molecule has 2 heterocycles. The van der Waals surface area contributed by atoms with Gasteiger partial charge in [-0.05, 0) is 18.2 Å². The number of rotatable bonds is 4. The van der Waals surface area contributed by atoms with Crippen LogP contribution in [0.15, 0.2) is 34.1 Å². The Morgan fingerprint density at radius 2 is 1.28 bits per heavy atom. The van der Waals surface area contributed by atoms with E-state index < -0.39 is 0 Å². The van der Waals surface area contributed by atoms with E-state index in [1.165, 1.54) is 30.3 Å². The molecular weight excluding hydrogens is 376 g/mol. The molecule has 0 saturated heterocycles. The third kappa shape index (κ3) is 2.61. The van der Waals surface area contributed by atoms with E-state index in [-0.39, 0.29) is 0 Å². The summed E-state index contributed by atoms with van der Waals surface area (Å²) in [6.07, 6.45) is 0. The first-order chi connectivity index (χ1) is 12.2. The molecule has 4 rings (SSSR count). The van der Waals surface area contributed by atoms with Gasteiger partial charge in [0.25, 0.3) is 0 Å². The fraction of sp³-hybridized carbons (Fsp3) is 0.222. The van der Waals surface area contributed by atoms with Crippen molar-refractivity contribution in [1.29, 1.82) is 0 Å². The molecule has 0 bridgehead atoms. The number of methoxy groups -OCH3 is 4. The van der Waals surface area contributed by atoms with Gasteiger partial charge in [-0.2, -0.15) is 0 Å². The van der Waals surface area contributed by atoms with Gasteiger partial charge < -0.3 is 18.9 Å². The highest BCUT2D eigenvalue weighted by Crippen LogP contribution is 2.59. The second-order valence-electron chi connectivity index (χ2n) is 5.33. The molecule has 7 heteroatoms. The molecule has 0 amide bonds. The van der Waals surface area contributed by atoms with Crippen LogP contribution in [0.4, 0.5) is 0 Å². The highest BCUT2D eigenvalue weighted by atomic mass is 33.1. The van der Waals surface area contributed by atoms with E-state index in [4.69, 9.17) is 18.9 Å². The molecule has 0 N–H and O–H groups in total. The Hall–Kier alpha value is -1.70. The maximum Gasteiger partial charge on any atom is 0.162 e. The quantitative estimate of drug-likeness (QED) is 0.529. The van der Waals surface area contributed by atoms with Gasteiger partial charge in [0, 0.05) is 31.5 Å². The monoisotopic (exact) mass is 392 g/mol. The smallest absolute Gasteiger partial charge is 0.162 e. The lowest BCUT2D eigenvalue weighted by molar-refractivity contribution is 0.354. The fourth-order valence-corrected chi connectivity index (χ4v) is 7.01. The van der Waals surface area contributed by atoms with E-state index in [1.807, 2.05) is 12.1 Å². The Labute approximate surface area is 157 Å². The second-order valence-corrected chi connectivity index (χ2v) is 8.57. The van der Waals surface area contributed by atoms with Crippen LogP contribution in [0.3, 0.4) is 0 Å². The molecule has 0 atom stereocenters. The van der Waals surface area contributed by atoms with Crippen molar-refractivity contribution in [3.05, 3.63) is 24.3 Å². The lowest BCUT2D eigenvalue weighted by Crippen LogP contribution is -1.94. The van der Waals surface area contributed by atoms with E-state index in [2.05, 4.69) is 12.1 Å². The Bertz CT molecular complexity index is 965. The van der Waals surface area contributed by atoms with Crippen molar-refractivity contribution in [2.75, 3.05) is 28.4 Å². The van der Waals surface area contributed by atoms with Crippen LogP contribution in [0.1, 0.15) is 0 Å². The van der Waals surface area contributed by atoms with Crippen LogP contribution in [-0.2, 0) is 0 Å². The fourth-order valence-electron chi connectivity index (χ4n) is 2.85. The van der Waals surface area contributed by atoms with Crippen LogP contribution in [-0.4, -0.2) is 28.4 Å². The molecule has 2 aromatic carbocycles. The van der Waals surface area contributed by atoms with E-state index >= 15 is 0 Å². The average Bonchev–Trinajstić information content (AvgIpc) is 3.03. The summed E-state index contributed by atoms with van der Waals surface area (Å²) in [5.74, 6) is 2.99. The normalized spacial score (nSPS) is 12.5. The second kappa shape index (κ2) is 6.55. The summed E-state index contributed by atoms with van der Waals surface area (Å²) in [5, 5.41) is 1.19. The van der Waals surface area contributed by atoms with Crippen molar-refractivity contribution in [2.45, 2.75) is 9.79 Å². The van der Waals surface area contributed by atoms with Gasteiger partial charge in [-0.15, -0.1) is 11.3 Å². The first-order valence-electron chi connectivity index (χ1n) is 7.49. The highest BCUT2D eigenvalue weighted by Gasteiger charge is 2.26. The van der Waals surface area contributed by atoms with Crippen LogP contribution in [0.2, 0.25) is 0 Å². The minimum atomic E-state index is 0.743. The summed E-state index contributed by atoms with van der Waals surface area (Å²) in [5.41, 5.74) is 1.18. The Balaban J connectivity index is 1.96. The van der Waals surface area contributed by atoms with Gasteiger partial charge in [0.2, 0.25) is 0 Å². The number of ether oxygens (including phenoxy) is 4. The summed E-state index contributed by atoms with van der Waals surface area (Å²) in [6, 6.07) is 8.20. The van der Waals surface area contributed by atoms with Crippen molar-refractivity contribution in [3.8, 4) is 33.4 Å². The third-order valence-corrected chi connectivity index (χ3v) is 7.89. The van der Waals surface area contributed by atoms with Crippen LogP contribution < -0.4 is 18.9 Å². The minimum absolute atomic E-state index is 0.743. The average molecular weight is 393 g/mol. The number of benzene rings is 2. The lowest BCUT2D eigenvalue weighted by Gasteiger charge is -2.18. The van der Waals surface area contributed by atoms with Gasteiger partial charge in [0.1, 0.15) is 0 Å².